The molecular weight excluding hydrogens is 198 g/mol. The Bertz CT molecular complexity index is 112. The largest absolute Gasteiger partial charge is 1.00 e. The molecule has 0 rings (SSSR count). The summed E-state index contributed by atoms with van der Waals surface area (Å²) in [6, 6.07) is 0. The van der Waals surface area contributed by atoms with E-state index in [0.717, 1.165) is 6.42 Å². The summed E-state index contributed by atoms with van der Waals surface area (Å²) >= 11 is 0. The quantitative estimate of drug-likeness (QED) is 0.530. The maximum atomic E-state index is 8.96. The summed E-state index contributed by atoms with van der Waals surface area (Å²) in [7, 11) is 0. The molecule has 0 unspecified atom stereocenters. The zero-order chi connectivity index (χ0) is 10.2. The fourth-order valence-corrected chi connectivity index (χ4v) is 1.72. The van der Waals surface area contributed by atoms with Gasteiger partial charge in [-0.3, -0.25) is 0 Å². The van der Waals surface area contributed by atoms with E-state index >= 15 is 0 Å². The van der Waals surface area contributed by atoms with E-state index < -0.39 is 0 Å². The molecular formula is C11H26ClNO. The van der Waals surface area contributed by atoms with Crippen LogP contribution in [0.15, 0.2) is 0 Å². The molecule has 0 heterocycles. The first-order valence-corrected chi connectivity index (χ1v) is 5.64. The Morgan fingerprint density at radius 1 is 1.00 bits per heavy atom. The molecule has 0 aliphatic heterocycles. The van der Waals surface area contributed by atoms with Gasteiger partial charge in [-0.1, -0.05) is 26.7 Å². The summed E-state index contributed by atoms with van der Waals surface area (Å²) < 4.78 is 0. The summed E-state index contributed by atoms with van der Waals surface area (Å²) in [6.07, 6.45) is 8.16. The molecule has 0 bridgehead atoms. The van der Waals surface area contributed by atoms with E-state index in [9.17, 15) is 0 Å². The van der Waals surface area contributed by atoms with Gasteiger partial charge >= 0.3 is 0 Å². The Morgan fingerprint density at radius 2 is 1.43 bits per heavy atom. The summed E-state index contributed by atoms with van der Waals surface area (Å²) in [5.74, 6) is 0. The number of rotatable bonds is 8. The van der Waals surface area contributed by atoms with E-state index in [1.54, 1.807) is 0 Å². The highest BCUT2D eigenvalue weighted by Gasteiger charge is 2.26. The zero-order valence-corrected chi connectivity index (χ0v) is 10.4. The number of hydrogen-bond acceptors (Lipinski definition) is 1. The monoisotopic (exact) mass is 223 g/mol. The minimum absolute atomic E-state index is 0. The molecule has 0 aromatic rings. The van der Waals surface area contributed by atoms with Crippen LogP contribution in [0.25, 0.3) is 0 Å². The summed E-state index contributed by atoms with van der Waals surface area (Å²) in [6.45, 7) is 4.70. The van der Waals surface area contributed by atoms with E-state index in [-0.39, 0.29) is 24.6 Å². The highest BCUT2D eigenvalue weighted by molar-refractivity contribution is 4.75. The van der Waals surface area contributed by atoms with Crippen LogP contribution in [0, 0.1) is 0 Å². The van der Waals surface area contributed by atoms with Crippen molar-refractivity contribution >= 4 is 0 Å². The van der Waals surface area contributed by atoms with Gasteiger partial charge in [-0.25, -0.2) is 0 Å². The molecule has 0 fully saturated rings. The van der Waals surface area contributed by atoms with Crippen LogP contribution < -0.4 is 18.1 Å². The van der Waals surface area contributed by atoms with Crippen molar-refractivity contribution in [2.45, 2.75) is 64.3 Å². The van der Waals surface area contributed by atoms with Gasteiger partial charge in [0.2, 0.25) is 0 Å². The zero-order valence-electron chi connectivity index (χ0n) is 9.69. The van der Waals surface area contributed by atoms with Gasteiger partial charge in [0.1, 0.15) is 0 Å². The molecule has 0 aromatic heterocycles. The first-order chi connectivity index (χ1) is 6.18. The minimum atomic E-state index is 0. The second-order valence-electron chi connectivity index (χ2n) is 4.18. The maximum absolute atomic E-state index is 8.96. The molecule has 0 saturated heterocycles. The third-order valence-corrected chi connectivity index (χ3v) is 2.76. The van der Waals surface area contributed by atoms with Crippen molar-refractivity contribution < 1.29 is 23.2 Å². The van der Waals surface area contributed by atoms with E-state index in [0.29, 0.717) is 0 Å². The third kappa shape index (κ3) is 7.60. The van der Waals surface area contributed by atoms with E-state index in [2.05, 4.69) is 19.6 Å². The van der Waals surface area contributed by atoms with Crippen molar-refractivity contribution in [1.82, 2.24) is 0 Å². The van der Waals surface area contributed by atoms with E-state index in [1.807, 2.05) is 0 Å². The molecule has 0 aromatic carbocycles. The summed E-state index contributed by atoms with van der Waals surface area (Å²) in [4.78, 5) is 0. The smallest absolute Gasteiger partial charge is 0.0967 e. The van der Waals surface area contributed by atoms with Crippen LogP contribution in [-0.4, -0.2) is 17.3 Å². The summed E-state index contributed by atoms with van der Waals surface area (Å²) in [5.41, 5.74) is 4.43. The Balaban J connectivity index is 0. The lowest BCUT2D eigenvalue weighted by Gasteiger charge is -2.24. The topological polar surface area (TPSA) is 47.9 Å². The molecule has 88 valence electrons. The van der Waals surface area contributed by atoms with Crippen molar-refractivity contribution in [3.05, 3.63) is 0 Å². The van der Waals surface area contributed by atoms with Crippen LogP contribution in [0.4, 0.5) is 0 Å². The van der Waals surface area contributed by atoms with Crippen molar-refractivity contribution in [2.24, 2.45) is 0 Å². The standard InChI is InChI=1S/C11H25NO.ClH/c1-3-5-7-11(12,9-10-13)8-6-4-2;/h13H,3-10,12H2,1-2H3;1H. The van der Waals surface area contributed by atoms with Crippen molar-refractivity contribution in [2.75, 3.05) is 6.61 Å². The molecule has 0 atom stereocenters. The van der Waals surface area contributed by atoms with Gasteiger partial charge in [-0.2, -0.15) is 0 Å². The van der Waals surface area contributed by atoms with Crippen molar-refractivity contribution in [1.29, 1.82) is 0 Å². The lowest BCUT2D eigenvalue weighted by atomic mass is 9.85. The lowest BCUT2D eigenvalue weighted by Crippen LogP contribution is -3.00. The Labute approximate surface area is 94.7 Å². The van der Waals surface area contributed by atoms with Crippen LogP contribution in [-0.2, 0) is 0 Å². The van der Waals surface area contributed by atoms with E-state index in [4.69, 9.17) is 5.11 Å². The average molecular weight is 224 g/mol. The first kappa shape index (κ1) is 16.6. The number of aliphatic hydroxyl groups excluding tert-OH is 1. The Morgan fingerprint density at radius 3 is 1.71 bits per heavy atom. The Kier molecular flexibility index (Phi) is 11.6. The molecule has 2 nitrogen and oxygen atoms in total. The first-order valence-electron chi connectivity index (χ1n) is 5.64. The molecule has 0 aliphatic rings. The highest BCUT2D eigenvalue weighted by Crippen LogP contribution is 2.20. The molecule has 0 radical (unpaired) electrons. The normalized spacial score (nSPS) is 11.1. The number of halogens is 1. The summed E-state index contributed by atoms with van der Waals surface area (Å²) in [5, 5.41) is 8.96. The molecule has 4 N–H and O–H groups in total. The van der Waals surface area contributed by atoms with Crippen LogP contribution in [0.5, 0.6) is 0 Å². The van der Waals surface area contributed by atoms with Gasteiger partial charge in [-0.05, 0) is 12.8 Å². The molecule has 0 spiro atoms. The minimum Gasteiger partial charge on any atom is -1.00 e. The average Bonchev–Trinajstić information content (AvgIpc) is 2.12. The highest BCUT2D eigenvalue weighted by atomic mass is 35.5. The second kappa shape index (κ2) is 9.75. The van der Waals surface area contributed by atoms with Gasteiger partial charge in [0.05, 0.1) is 5.54 Å². The van der Waals surface area contributed by atoms with Crippen LogP contribution in [0.2, 0.25) is 0 Å². The molecule has 14 heavy (non-hydrogen) atoms. The van der Waals surface area contributed by atoms with Gasteiger partial charge in [-0.15, -0.1) is 0 Å². The predicted molar refractivity (Wildman–Crippen MR) is 56.4 cm³/mol. The Hall–Kier alpha value is 0.210. The maximum Gasteiger partial charge on any atom is 0.0967 e. The number of aliphatic hydroxyl groups is 1. The van der Waals surface area contributed by atoms with E-state index in [1.165, 1.54) is 38.5 Å². The fraction of sp³-hybridized carbons (Fsp3) is 1.00. The second-order valence-corrected chi connectivity index (χ2v) is 4.18. The third-order valence-electron chi connectivity index (χ3n) is 2.76. The fourth-order valence-electron chi connectivity index (χ4n) is 1.72. The number of hydrogen-bond donors (Lipinski definition) is 2. The van der Waals surface area contributed by atoms with Crippen molar-refractivity contribution in [3.8, 4) is 0 Å². The molecule has 0 saturated carbocycles. The van der Waals surface area contributed by atoms with Crippen molar-refractivity contribution in [3.63, 3.8) is 0 Å². The van der Waals surface area contributed by atoms with Crippen LogP contribution in [0.3, 0.4) is 0 Å². The molecule has 0 aliphatic carbocycles. The van der Waals surface area contributed by atoms with Gasteiger partial charge < -0.3 is 23.2 Å². The van der Waals surface area contributed by atoms with Crippen LogP contribution >= 0.6 is 0 Å². The predicted octanol–water partition coefficient (Wildman–Crippen LogP) is -1.27. The SMILES string of the molecule is CCCCC([NH3+])(CCO)CCCC.[Cl-]. The van der Waals surface area contributed by atoms with Gasteiger partial charge in [0, 0.05) is 25.9 Å². The molecule has 0 amide bonds. The van der Waals surface area contributed by atoms with Gasteiger partial charge in [0.15, 0.2) is 0 Å². The van der Waals surface area contributed by atoms with Gasteiger partial charge in [0.25, 0.3) is 0 Å². The number of quaternary nitrogens is 1. The lowest BCUT2D eigenvalue weighted by molar-refractivity contribution is -0.484. The number of unbranched alkanes of at least 4 members (excludes halogenated alkanes) is 2. The van der Waals surface area contributed by atoms with Crippen LogP contribution in [0.1, 0.15) is 58.8 Å². The molecule has 3 heteroatoms.